The van der Waals surface area contributed by atoms with E-state index in [0.717, 1.165) is 0 Å². The van der Waals surface area contributed by atoms with Crippen molar-refractivity contribution in [1.82, 2.24) is 9.73 Å². The first-order valence-electron chi connectivity index (χ1n) is 10.9. The molecule has 0 atom stereocenters. The van der Waals surface area contributed by atoms with Crippen molar-refractivity contribution >= 4 is 21.8 Å². The number of carbonyl (C=O) groups is 1. The van der Waals surface area contributed by atoms with Gasteiger partial charge in [0.15, 0.2) is 0 Å². The van der Waals surface area contributed by atoms with Crippen LogP contribution in [0.2, 0.25) is 0 Å². The van der Waals surface area contributed by atoms with Crippen molar-refractivity contribution in [2.75, 3.05) is 13.1 Å². The molecule has 0 saturated carbocycles. The fourth-order valence-electron chi connectivity index (χ4n) is 3.69. The second-order valence-electron chi connectivity index (χ2n) is 9.11. The fourth-order valence-corrected chi connectivity index (χ4v) is 4.76. The number of halogens is 1. The molecule has 1 N–H and O–H groups in total. The number of likely N-dealkylation sites (tertiary alicyclic amines) is 1. The Morgan fingerprint density at radius 1 is 1.09 bits per heavy atom. The smallest absolute Gasteiger partial charge is 0.410 e. The normalized spacial score (nSPS) is 15.9. The first kappa shape index (κ1) is 24.7. The van der Waals surface area contributed by atoms with Crippen molar-refractivity contribution in [3.8, 4) is 0 Å². The van der Waals surface area contributed by atoms with E-state index in [2.05, 4.69) is 9.93 Å². The number of rotatable bonds is 5. The second kappa shape index (κ2) is 9.91. The summed E-state index contributed by atoms with van der Waals surface area (Å²) in [6.45, 7) is 8.06. The molecular formula is C24H30FN3O4S. The summed E-state index contributed by atoms with van der Waals surface area (Å²) in [6.07, 6.45) is 0.768. The average molecular weight is 476 g/mol. The van der Waals surface area contributed by atoms with E-state index in [1.165, 1.54) is 18.2 Å². The van der Waals surface area contributed by atoms with Gasteiger partial charge in [-0.3, -0.25) is 0 Å². The van der Waals surface area contributed by atoms with Crippen molar-refractivity contribution in [1.29, 1.82) is 0 Å². The van der Waals surface area contributed by atoms with Crippen LogP contribution in [0.3, 0.4) is 0 Å². The molecule has 1 aliphatic heterocycles. The summed E-state index contributed by atoms with van der Waals surface area (Å²) in [5, 5.41) is 4.29. The largest absolute Gasteiger partial charge is 0.444 e. The molecule has 1 fully saturated rings. The van der Waals surface area contributed by atoms with Gasteiger partial charge in [0.05, 0.1) is 10.6 Å². The lowest BCUT2D eigenvalue weighted by atomic mass is 9.88. The lowest BCUT2D eigenvalue weighted by Gasteiger charge is -2.34. The third-order valence-electron chi connectivity index (χ3n) is 5.34. The van der Waals surface area contributed by atoms with Crippen molar-refractivity contribution in [3.63, 3.8) is 0 Å². The van der Waals surface area contributed by atoms with Crippen molar-refractivity contribution < 1.29 is 22.3 Å². The maximum atomic E-state index is 13.5. The molecule has 178 valence electrons. The summed E-state index contributed by atoms with van der Waals surface area (Å²) in [7, 11) is -3.88. The average Bonchev–Trinajstić information content (AvgIpc) is 2.74. The van der Waals surface area contributed by atoms with Crippen LogP contribution in [0.25, 0.3) is 0 Å². The van der Waals surface area contributed by atoms with Crippen LogP contribution in [0.15, 0.2) is 58.5 Å². The van der Waals surface area contributed by atoms with Gasteiger partial charge in [-0.2, -0.15) is 18.4 Å². The number of aryl methyl sites for hydroxylation is 1. The minimum Gasteiger partial charge on any atom is -0.444 e. The van der Waals surface area contributed by atoms with Crippen LogP contribution in [0.4, 0.5) is 9.18 Å². The first-order chi connectivity index (χ1) is 15.5. The van der Waals surface area contributed by atoms with E-state index in [-0.39, 0.29) is 16.9 Å². The minimum atomic E-state index is -3.88. The number of hydrogen-bond acceptors (Lipinski definition) is 5. The Balaban J connectivity index is 1.82. The van der Waals surface area contributed by atoms with Gasteiger partial charge < -0.3 is 9.64 Å². The summed E-state index contributed by atoms with van der Waals surface area (Å²) in [5.74, 6) is -0.507. The standard InChI is InChI=1S/C24H30FN3O4S/c1-17-7-5-6-8-21(17)33(30,31)27-26-22(18-9-11-20(25)12-10-18)19-13-15-28(16-14-19)23(29)32-24(2,3)4/h5-12,19,27H,13-16H2,1-4H3. The summed E-state index contributed by atoms with van der Waals surface area (Å²) in [5.41, 5.74) is 1.16. The molecule has 0 unspecified atom stereocenters. The van der Waals surface area contributed by atoms with Gasteiger partial charge in [-0.05, 0) is 69.9 Å². The zero-order chi connectivity index (χ0) is 24.2. The summed E-state index contributed by atoms with van der Waals surface area (Å²) in [6, 6.07) is 12.4. The first-order valence-corrected chi connectivity index (χ1v) is 12.3. The van der Waals surface area contributed by atoms with Crippen LogP contribution >= 0.6 is 0 Å². The lowest BCUT2D eigenvalue weighted by Crippen LogP contribution is -2.43. The van der Waals surface area contributed by atoms with Crippen LogP contribution in [0.5, 0.6) is 0 Å². The van der Waals surface area contributed by atoms with Crippen molar-refractivity contribution in [2.45, 2.75) is 51.0 Å². The molecule has 1 heterocycles. The Morgan fingerprint density at radius 2 is 1.70 bits per heavy atom. The SMILES string of the molecule is Cc1ccccc1S(=O)(=O)NN=C(c1ccc(F)cc1)C1CCN(C(=O)OC(C)(C)C)CC1. The molecule has 1 saturated heterocycles. The maximum Gasteiger partial charge on any atom is 0.410 e. The zero-order valence-corrected chi connectivity index (χ0v) is 20.2. The van der Waals surface area contributed by atoms with E-state index in [9.17, 15) is 17.6 Å². The molecule has 2 aromatic rings. The molecule has 0 aromatic heterocycles. The number of sulfonamides is 1. The summed E-state index contributed by atoms with van der Waals surface area (Å²) >= 11 is 0. The Morgan fingerprint density at radius 3 is 2.27 bits per heavy atom. The van der Waals surface area contributed by atoms with E-state index >= 15 is 0 Å². The van der Waals surface area contributed by atoms with Gasteiger partial charge in [-0.25, -0.2) is 9.18 Å². The number of amides is 1. The Kier molecular flexibility index (Phi) is 7.41. The van der Waals surface area contributed by atoms with E-state index in [0.29, 0.717) is 42.8 Å². The second-order valence-corrected chi connectivity index (χ2v) is 10.7. The monoisotopic (exact) mass is 475 g/mol. The Bertz CT molecular complexity index is 1120. The lowest BCUT2D eigenvalue weighted by molar-refractivity contribution is 0.0202. The number of carbonyl (C=O) groups excluding carboxylic acids is 1. The fraction of sp³-hybridized carbons (Fsp3) is 0.417. The number of ether oxygens (including phenoxy) is 1. The molecule has 1 aliphatic rings. The van der Waals surface area contributed by atoms with Gasteiger partial charge >= 0.3 is 6.09 Å². The molecule has 7 nitrogen and oxygen atoms in total. The third kappa shape index (κ3) is 6.54. The predicted molar refractivity (Wildman–Crippen MR) is 125 cm³/mol. The highest BCUT2D eigenvalue weighted by atomic mass is 32.2. The highest BCUT2D eigenvalue weighted by Crippen LogP contribution is 2.25. The van der Waals surface area contributed by atoms with E-state index in [1.54, 1.807) is 42.2 Å². The number of benzene rings is 2. The van der Waals surface area contributed by atoms with Crippen molar-refractivity contribution in [2.24, 2.45) is 11.0 Å². The van der Waals surface area contributed by atoms with E-state index in [1.807, 2.05) is 20.8 Å². The number of hydrazone groups is 1. The molecule has 2 aromatic carbocycles. The predicted octanol–water partition coefficient (Wildman–Crippen LogP) is 4.46. The molecule has 3 rings (SSSR count). The molecule has 1 amide bonds. The van der Waals surface area contributed by atoms with Gasteiger partial charge in [0.1, 0.15) is 11.4 Å². The van der Waals surface area contributed by atoms with Crippen LogP contribution in [-0.4, -0.2) is 43.8 Å². The van der Waals surface area contributed by atoms with Gasteiger partial charge in [0.2, 0.25) is 0 Å². The number of nitrogens with zero attached hydrogens (tertiary/aromatic N) is 2. The zero-order valence-electron chi connectivity index (χ0n) is 19.3. The molecule has 0 aliphatic carbocycles. The molecule has 0 spiro atoms. The highest BCUT2D eigenvalue weighted by molar-refractivity contribution is 7.89. The van der Waals surface area contributed by atoms with Gasteiger partial charge in [-0.1, -0.05) is 30.3 Å². The Hall–Kier alpha value is -2.94. The highest BCUT2D eigenvalue weighted by Gasteiger charge is 2.30. The molecule has 0 bridgehead atoms. The van der Waals surface area contributed by atoms with Gasteiger partial charge in [-0.15, -0.1) is 0 Å². The van der Waals surface area contributed by atoms with Crippen LogP contribution in [0, 0.1) is 18.7 Å². The third-order valence-corrected chi connectivity index (χ3v) is 6.71. The Labute approximate surface area is 194 Å². The van der Waals surface area contributed by atoms with E-state index in [4.69, 9.17) is 4.74 Å². The molecule has 33 heavy (non-hydrogen) atoms. The van der Waals surface area contributed by atoms with Gasteiger partial charge in [0, 0.05) is 19.0 Å². The molecule has 9 heteroatoms. The topological polar surface area (TPSA) is 88.1 Å². The van der Waals surface area contributed by atoms with Crippen LogP contribution < -0.4 is 4.83 Å². The number of nitrogens with one attached hydrogen (secondary N) is 1. The van der Waals surface area contributed by atoms with Crippen molar-refractivity contribution in [3.05, 3.63) is 65.5 Å². The molecular weight excluding hydrogens is 445 g/mol. The quantitative estimate of drug-likeness (QED) is 0.511. The number of hydrogen-bond donors (Lipinski definition) is 1. The molecule has 0 radical (unpaired) electrons. The van der Waals surface area contributed by atoms with Crippen LogP contribution in [-0.2, 0) is 14.8 Å². The van der Waals surface area contributed by atoms with E-state index < -0.39 is 21.4 Å². The maximum absolute atomic E-state index is 13.5. The van der Waals surface area contributed by atoms with Crippen LogP contribution in [0.1, 0.15) is 44.7 Å². The minimum absolute atomic E-state index is 0.117. The summed E-state index contributed by atoms with van der Waals surface area (Å²) in [4.78, 5) is 16.5. The summed E-state index contributed by atoms with van der Waals surface area (Å²) < 4.78 is 44.7. The number of piperidine rings is 1. The van der Waals surface area contributed by atoms with Gasteiger partial charge in [0.25, 0.3) is 10.0 Å².